The van der Waals surface area contributed by atoms with Crippen LogP contribution in [-0.4, -0.2) is 17.2 Å². The van der Waals surface area contributed by atoms with Crippen LogP contribution in [0.1, 0.15) is 15.2 Å². The Bertz CT molecular complexity index is 906. The van der Waals surface area contributed by atoms with E-state index >= 15 is 0 Å². The van der Waals surface area contributed by atoms with Crippen LogP contribution in [0.25, 0.3) is 0 Å². The maximum atomic E-state index is 11.8. The number of amides is 1. The minimum Gasteiger partial charge on any atom is -0.507 e. The van der Waals surface area contributed by atoms with Crippen molar-refractivity contribution in [3.63, 3.8) is 0 Å². The Morgan fingerprint density at radius 1 is 1.00 bits per heavy atom. The van der Waals surface area contributed by atoms with E-state index in [4.69, 9.17) is 0 Å². The second kappa shape index (κ2) is 7.98. The van der Waals surface area contributed by atoms with Crippen LogP contribution in [0.4, 0.5) is 11.4 Å². The number of carbonyl (C=O) groups excluding carboxylic acids is 1. The largest absolute Gasteiger partial charge is 0.507 e. The van der Waals surface area contributed by atoms with Crippen LogP contribution < -0.4 is 5.43 Å². The predicted molar refractivity (Wildman–Crippen MR) is 98.1 cm³/mol. The van der Waals surface area contributed by atoms with Crippen molar-refractivity contribution in [2.45, 2.75) is 0 Å². The Morgan fingerprint density at radius 2 is 1.80 bits per heavy atom. The molecule has 1 aromatic heterocycles. The van der Waals surface area contributed by atoms with Gasteiger partial charge in [-0.1, -0.05) is 24.3 Å². The number of hydrogen-bond acceptors (Lipinski definition) is 6. The van der Waals surface area contributed by atoms with E-state index in [-0.39, 0.29) is 11.7 Å². The standard InChI is InChI=1S/C18H14N4O2S/c23-16-9-8-15(21-20-14-5-2-1-3-6-14)11-13(16)12-19-22-18(24)17-7-4-10-25-17/h1-12,23H,(H,22,24)/b19-12-,21-20?. The molecule has 0 unspecified atom stereocenters. The van der Waals surface area contributed by atoms with Crippen molar-refractivity contribution in [2.75, 3.05) is 0 Å². The highest BCUT2D eigenvalue weighted by molar-refractivity contribution is 7.12. The summed E-state index contributed by atoms with van der Waals surface area (Å²) in [7, 11) is 0. The Labute approximate surface area is 148 Å². The van der Waals surface area contributed by atoms with Gasteiger partial charge in [-0.3, -0.25) is 4.79 Å². The molecule has 0 saturated carbocycles. The summed E-state index contributed by atoms with van der Waals surface area (Å²) in [5, 5.41) is 23.8. The average molecular weight is 350 g/mol. The number of rotatable bonds is 5. The minimum absolute atomic E-state index is 0.0350. The molecule has 0 fully saturated rings. The number of thiophene rings is 1. The fourth-order valence-corrected chi connectivity index (χ4v) is 2.55. The molecule has 124 valence electrons. The maximum Gasteiger partial charge on any atom is 0.281 e. The van der Waals surface area contributed by atoms with Crippen molar-refractivity contribution in [1.82, 2.24) is 5.43 Å². The summed E-state index contributed by atoms with van der Waals surface area (Å²) in [6, 6.07) is 17.6. The molecule has 0 aliphatic heterocycles. The maximum absolute atomic E-state index is 11.8. The van der Waals surface area contributed by atoms with Gasteiger partial charge in [0.25, 0.3) is 5.91 Å². The number of phenolic OH excluding ortho intramolecular Hbond substituents is 1. The van der Waals surface area contributed by atoms with Gasteiger partial charge in [-0.25, -0.2) is 5.43 Å². The third-order valence-corrected chi connectivity index (χ3v) is 4.03. The van der Waals surface area contributed by atoms with Crippen LogP contribution in [-0.2, 0) is 0 Å². The highest BCUT2D eigenvalue weighted by atomic mass is 32.1. The Hall–Kier alpha value is -3.32. The number of nitrogens with one attached hydrogen (secondary N) is 1. The summed E-state index contributed by atoms with van der Waals surface area (Å²) < 4.78 is 0. The lowest BCUT2D eigenvalue weighted by Crippen LogP contribution is -2.16. The molecule has 0 aliphatic carbocycles. The molecule has 0 spiro atoms. The van der Waals surface area contributed by atoms with Gasteiger partial charge in [-0.05, 0) is 41.8 Å². The molecule has 25 heavy (non-hydrogen) atoms. The van der Waals surface area contributed by atoms with Gasteiger partial charge in [0.15, 0.2) is 0 Å². The van der Waals surface area contributed by atoms with Crippen LogP contribution in [0.15, 0.2) is 81.4 Å². The fourth-order valence-electron chi connectivity index (χ4n) is 1.94. The molecule has 3 aromatic rings. The average Bonchev–Trinajstić information content (AvgIpc) is 3.18. The van der Waals surface area contributed by atoms with Crippen molar-refractivity contribution in [3.05, 3.63) is 76.5 Å². The SMILES string of the molecule is O=C(N/N=C\c1cc(N=Nc2ccccc2)ccc1O)c1cccs1. The predicted octanol–water partition coefficient (Wildman–Crippen LogP) is 4.63. The van der Waals surface area contributed by atoms with E-state index in [0.717, 1.165) is 5.69 Å². The number of aromatic hydroxyl groups is 1. The van der Waals surface area contributed by atoms with Crippen LogP contribution in [0.2, 0.25) is 0 Å². The number of phenols is 1. The van der Waals surface area contributed by atoms with E-state index in [1.807, 2.05) is 35.7 Å². The van der Waals surface area contributed by atoms with Crippen LogP contribution in [0, 0.1) is 0 Å². The molecule has 0 radical (unpaired) electrons. The summed E-state index contributed by atoms with van der Waals surface area (Å²) in [5.41, 5.74) is 4.13. The normalized spacial score (nSPS) is 11.2. The van der Waals surface area contributed by atoms with Crippen molar-refractivity contribution in [2.24, 2.45) is 15.3 Å². The minimum atomic E-state index is -0.300. The van der Waals surface area contributed by atoms with E-state index in [2.05, 4.69) is 20.8 Å². The third kappa shape index (κ3) is 4.58. The van der Waals surface area contributed by atoms with E-state index in [1.54, 1.807) is 24.3 Å². The monoisotopic (exact) mass is 350 g/mol. The zero-order valence-electron chi connectivity index (χ0n) is 13.0. The number of hydrogen-bond donors (Lipinski definition) is 2. The van der Waals surface area contributed by atoms with Crippen LogP contribution in [0.3, 0.4) is 0 Å². The van der Waals surface area contributed by atoms with E-state index in [9.17, 15) is 9.90 Å². The quantitative estimate of drug-likeness (QED) is 0.399. The van der Waals surface area contributed by atoms with E-state index in [1.165, 1.54) is 23.6 Å². The Morgan fingerprint density at radius 3 is 2.56 bits per heavy atom. The van der Waals surface area contributed by atoms with E-state index < -0.39 is 0 Å². The first-order chi connectivity index (χ1) is 12.2. The van der Waals surface area contributed by atoms with Crippen molar-refractivity contribution in [3.8, 4) is 5.75 Å². The molecule has 7 heteroatoms. The van der Waals surface area contributed by atoms with Gasteiger partial charge in [-0.2, -0.15) is 15.3 Å². The van der Waals surface area contributed by atoms with Gasteiger partial charge >= 0.3 is 0 Å². The lowest BCUT2D eigenvalue weighted by molar-refractivity contribution is 0.0959. The number of nitrogens with zero attached hydrogens (tertiary/aromatic N) is 3. The highest BCUT2D eigenvalue weighted by Crippen LogP contribution is 2.24. The molecule has 0 bridgehead atoms. The zero-order chi connectivity index (χ0) is 17.5. The van der Waals surface area contributed by atoms with Gasteiger partial charge in [0, 0.05) is 5.56 Å². The van der Waals surface area contributed by atoms with Crippen molar-refractivity contribution >= 4 is 34.8 Å². The first-order valence-corrected chi connectivity index (χ1v) is 8.27. The number of hydrazone groups is 1. The topological polar surface area (TPSA) is 86.4 Å². The molecule has 2 N–H and O–H groups in total. The molecular formula is C18H14N4O2S. The Kier molecular flexibility index (Phi) is 5.28. The first-order valence-electron chi connectivity index (χ1n) is 7.39. The molecular weight excluding hydrogens is 336 g/mol. The molecule has 0 atom stereocenters. The van der Waals surface area contributed by atoms with Crippen LogP contribution >= 0.6 is 11.3 Å². The first kappa shape index (κ1) is 16.5. The van der Waals surface area contributed by atoms with Gasteiger partial charge in [0.2, 0.25) is 0 Å². The number of azo groups is 1. The lowest BCUT2D eigenvalue weighted by Gasteiger charge is -2.00. The van der Waals surface area contributed by atoms with Crippen LogP contribution in [0.5, 0.6) is 5.75 Å². The molecule has 0 aliphatic rings. The highest BCUT2D eigenvalue weighted by Gasteiger charge is 2.05. The lowest BCUT2D eigenvalue weighted by atomic mass is 10.2. The van der Waals surface area contributed by atoms with Gasteiger partial charge < -0.3 is 5.11 Å². The smallest absolute Gasteiger partial charge is 0.281 e. The molecule has 0 saturated heterocycles. The summed E-state index contributed by atoms with van der Waals surface area (Å²) >= 11 is 1.32. The van der Waals surface area contributed by atoms with Crippen molar-refractivity contribution < 1.29 is 9.90 Å². The molecule has 6 nitrogen and oxygen atoms in total. The molecule has 3 rings (SSSR count). The third-order valence-electron chi connectivity index (χ3n) is 3.16. The van der Waals surface area contributed by atoms with E-state index in [0.29, 0.717) is 16.1 Å². The second-order valence-electron chi connectivity index (χ2n) is 4.96. The molecule has 1 amide bonds. The van der Waals surface area contributed by atoms with Gasteiger partial charge in [0.1, 0.15) is 5.75 Å². The Balaban J connectivity index is 1.70. The second-order valence-corrected chi connectivity index (χ2v) is 5.90. The number of carbonyl (C=O) groups is 1. The molecule has 2 aromatic carbocycles. The number of benzene rings is 2. The summed E-state index contributed by atoms with van der Waals surface area (Å²) in [6.45, 7) is 0. The summed E-state index contributed by atoms with van der Waals surface area (Å²) in [5.74, 6) is -0.265. The zero-order valence-corrected chi connectivity index (χ0v) is 13.9. The van der Waals surface area contributed by atoms with Crippen molar-refractivity contribution in [1.29, 1.82) is 0 Å². The summed E-state index contributed by atoms with van der Waals surface area (Å²) in [6.07, 6.45) is 1.36. The summed E-state index contributed by atoms with van der Waals surface area (Å²) in [4.78, 5) is 12.4. The molecule has 1 heterocycles. The van der Waals surface area contributed by atoms with Gasteiger partial charge in [-0.15, -0.1) is 11.3 Å². The fraction of sp³-hybridized carbons (Fsp3) is 0. The van der Waals surface area contributed by atoms with Gasteiger partial charge in [0.05, 0.1) is 22.5 Å².